The van der Waals surface area contributed by atoms with Gasteiger partial charge < -0.3 is 19.2 Å². The molecule has 1 aliphatic heterocycles. The van der Waals surface area contributed by atoms with Crippen LogP contribution >= 0.6 is 0 Å². The van der Waals surface area contributed by atoms with Gasteiger partial charge in [0, 0.05) is 25.2 Å². The van der Waals surface area contributed by atoms with Crippen molar-refractivity contribution in [3.63, 3.8) is 0 Å². The van der Waals surface area contributed by atoms with Crippen LogP contribution in [0.3, 0.4) is 0 Å². The summed E-state index contributed by atoms with van der Waals surface area (Å²) in [4.78, 5) is 31.3. The fraction of sp³-hybridized carbons (Fsp3) is 0.500. The van der Waals surface area contributed by atoms with Crippen molar-refractivity contribution in [1.82, 2.24) is 19.8 Å². The van der Waals surface area contributed by atoms with Gasteiger partial charge in [0.1, 0.15) is 17.3 Å². The maximum absolute atomic E-state index is 12.6. The van der Waals surface area contributed by atoms with Gasteiger partial charge in [0.15, 0.2) is 0 Å². The summed E-state index contributed by atoms with van der Waals surface area (Å²) >= 11 is 0. The highest BCUT2D eigenvalue weighted by molar-refractivity contribution is 5.92. The second-order valence-electron chi connectivity index (χ2n) is 6.78. The van der Waals surface area contributed by atoms with Crippen molar-refractivity contribution >= 4 is 11.8 Å². The van der Waals surface area contributed by atoms with Crippen LogP contribution in [0.5, 0.6) is 0 Å². The Hall–Kier alpha value is -2.57. The van der Waals surface area contributed by atoms with Gasteiger partial charge in [0.2, 0.25) is 5.91 Å². The zero-order valence-electron chi connectivity index (χ0n) is 14.3. The SMILES string of the molecule is CC1c2nc(C(=O)NCc3ccco3)cn2CCN1C(=O)C1CCC1. The summed E-state index contributed by atoms with van der Waals surface area (Å²) in [5.41, 5.74) is 0.381. The van der Waals surface area contributed by atoms with Gasteiger partial charge in [0.05, 0.1) is 18.8 Å². The third kappa shape index (κ3) is 2.94. The number of amides is 2. The summed E-state index contributed by atoms with van der Waals surface area (Å²) in [7, 11) is 0. The van der Waals surface area contributed by atoms with Crippen molar-refractivity contribution in [3.05, 3.63) is 41.9 Å². The van der Waals surface area contributed by atoms with Gasteiger partial charge in [-0.15, -0.1) is 0 Å². The first kappa shape index (κ1) is 15.9. The predicted octanol–water partition coefficient (Wildman–Crippen LogP) is 2.11. The van der Waals surface area contributed by atoms with E-state index >= 15 is 0 Å². The molecule has 2 aromatic heterocycles. The van der Waals surface area contributed by atoms with Crippen molar-refractivity contribution < 1.29 is 14.0 Å². The lowest BCUT2D eigenvalue weighted by atomic mass is 9.84. The molecule has 25 heavy (non-hydrogen) atoms. The van der Waals surface area contributed by atoms with Gasteiger partial charge in [-0.05, 0) is 31.9 Å². The quantitative estimate of drug-likeness (QED) is 0.923. The minimum atomic E-state index is -0.234. The van der Waals surface area contributed by atoms with E-state index in [0.29, 0.717) is 31.1 Å². The Balaban J connectivity index is 1.45. The summed E-state index contributed by atoms with van der Waals surface area (Å²) in [6.07, 6.45) is 6.49. The molecule has 132 valence electrons. The Morgan fingerprint density at radius 2 is 2.20 bits per heavy atom. The Morgan fingerprint density at radius 1 is 1.36 bits per heavy atom. The third-order valence-electron chi connectivity index (χ3n) is 5.20. The average Bonchev–Trinajstić information content (AvgIpc) is 3.21. The number of nitrogens with zero attached hydrogens (tertiary/aromatic N) is 3. The highest BCUT2D eigenvalue weighted by Crippen LogP contribution is 2.33. The molecule has 3 heterocycles. The Bertz CT molecular complexity index is 776. The fourth-order valence-electron chi connectivity index (χ4n) is 3.46. The van der Waals surface area contributed by atoms with Crippen LogP contribution in [0.15, 0.2) is 29.0 Å². The predicted molar refractivity (Wildman–Crippen MR) is 89.6 cm³/mol. The molecule has 1 fully saturated rings. The number of hydrogen-bond donors (Lipinski definition) is 1. The van der Waals surface area contributed by atoms with Crippen molar-refractivity contribution in [1.29, 1.82) is 0 Å². The number of hydrogen-bond acceptors (Lipinski definition) is 4. The largest absolute Gasteiger partial charge is 0.467 e. The van der Waals surface area contributed by atoms with Gasteiger partial charge in [0.25, 0.3) is 5.91 Å². The topological polar surface area (TPSA) is 80.4 Å². The van der Waals surface area contributed by atoms with Crippen molar-refractivity contribution in [2.45, 2.75) is 45.3 Å². The number of carbonyl (C=O) groups excluding carboxylic acids is 2. The van der Waals surface area contributed by atoms with Gasteiger partial charge >= 0.3 is 0 Å². The molecule has 1 N–H and O–H groups in total. The van der Waals surface area contributed by atoms with E-state index in [2.05, 4.69) is 10.3 Å². The lowest BCUT2D eigenvalue weighted by Crippen LogP contribution is -2.45. The highest BCUT2D eigenvalue weighted by Gasteiger charge is 2.36. The van der Waals surface area contributed by atoms with Crippen LogP contribution in [0.2, 0.25) is 0 Å². The van der Waals surface area contributed by atoms with E-state index in [4.69, 9.17) is 4.42 Å². The molecular formula is C18H22N4O3. The molecule has 0 aromatic carbocycles. The molecule has 7 nitrogen and oxygen atoms in total. The minimum absolute atomic E-state index is 0.103. The number of fused-ring (bicyclic) bond motifs is 1. The number of rotatable bonds is 4. The van der Waals surface area contributed by atoms with Gasteiger partial charge in [-0.2, -0.15) is 0 Å². The molecular weight excluding hydrogens is 320 g/mol. The molecule has 2 amide bonds. The molecule has 0 saturated heterocycles. The average molecular weight is 342 g/mol. The number of aromatic nitrogens is 2. The second-order valence-corrected chi connectivity index (χ2v) is 6.78. The summed E-state index contributed by atoms with van der Waals surface area (Å²) < 4.78 is 7.20. The molecule has 2 aromatic rings. The molecule has 1 atom stereocenters. The van der Waals surface area contributed by atoms with Crippen LogP contribution in [-0.2, 0) is 17.9 Å². The maximum Gasteiger partial charge on any atom is 0.271 e. The minimum Gasteiger partial charge on any atom is -0.467 e. The monoisotopic (exact) mass is 342 g/mol. The van der Waals surface area contributed by atoms with E-state index in [1.54, 1.807) is 18.5 Å². The number of carbonyl (C=O) groups is 2. The van der Waals surface area contributed by atoms with Crippen LogP contribution in [-0.4, -0.2) is 32.8 Å². The van der Waals surface area contributed by atoms with Gasteiger partial charge in [-0.25, -0.2) is 4.98 Å². The zero-order valence-corrected chi connectivity index (χ0v) is 14.3. The molecule has 1 saturated carbocycles. The van der Waals surface area contributed by atoms with E-state index in [1.165, 1.54) is 0 Å². The third-order valence-corrected chi connectivity index (χ3v) is 5.20. The lowest BCUT2D eigenvalue weighted by Gasteiger charge is -2.38. The first-order valence-electron chi connectivity index (χ1n) is 8.81. The lowest BCUT2D eigenvalue weighted by molar-refractivity contribution is -0.141. The van der Waals surface area contributed by atoms with E-state index in [-0.39, 0.29) is 23.8 Å². The van der Waals surface area contributed by atoms with Crippen LogP contribution in [0, 0.1) is 5.92 Å². The van der Waals surface area contributed by atoms with E-state index in [1.807, 2.05) is 22.5 Å². The molecule has 1 aliphatic carbocycles. The van der Waals surface area contributed by atoms with Crippen LogP contribution in [0.25, 0.3) is 0 Å². The molecule has 0 radical (unpaired) electrons. The molecule has 0 bridgehead atoms. The summed E-state index contributed by atoms with van der Waals surface area (Å²) in [5, 5.41) is 2.81. The molecule has 4 rings (SSSR count). The molecule has 0 spiro atoms. The van der Waals surface area contributed by atoms with E-state index < -0.39 is 0 Å². The molecule has 2 aliphatic rings. The summed E-state index contributed by atoms with van der Waals surface area (Å²) in [6, 6.07) is 3.49. The Morgan fingerprint density at radius 3 is 2.88 bits per heavy atom. The first-order valence-corrected chi connectivity index (χ1v) is 8.81. The fourth-order valence-corrected chi connectivity index (χ4v) is 3.46. The van der Waals surface area contributed by atoms with Crippen LogP contribution in [0.1, 0.15) is 54.3 Å². The standard InChI is InChI=1S/C18H22N4O3/c1-12-16-20-15(17(23)19-10-14-6-3-9-25-14)11-21(16)7-8-22(12)18(24)13-4-2-5-13/h3,6,9,11-13H,2,4-5,7-8,10H2,1H3,(H,19,23). The highest BCUT2D eigenvalue weighted by atomic mass is 16.3. The van der Waals surface area contributed by atoms with E-state index in [9.17, 15) is 9.59 Å². The maximum atomic E-state index is 12.6. The van der Waals surface area contributed by atoms with Gasteiger partial charge in [-0.1, -0.05) is 6.42 Å². The Labute approximate surface area is 146 Å². The molecule has 7 heteroatoms. The number of imidazole rings is 1. The second kappa shape index (κ2) is 6.38. The molecule has 1 unspecified atom stereocenters. The first-order chi connectivity index (χ1) is 12.1. The van der Waals surface area contributed by atoms with Gasteiger partial charge in [-0.3, -0.25) is 9.59 Å². The van der Waals surface area contributed by atoms with Crippen LogP contribution in [0.4, 0.5) is 0 Å². The normalized spacial score (nSPS) is 20.0. The number of nitrogens with one attached hydrogen (secondary N) is 1. The smallest absolute Gasteiger partial charge is 0.271 e. The summed E-state index contributed by atoms with van der Waals surface area (Å²) in [6.45, 7) is 3.67. The number of furan rings is 1. The van der Waals surface area contributed by atoms with Crippen LogP contribution < -0.4 is 5.32 Å². The van der Waals surface area contributed by atoms with Crippen molar-refractivity contribution in [3.8, 4) is 0 Å². The zero-order chi connectivity index (χ0) is 17.4. The Kier molecular flexibility index (Phi) is 4.07. The van der Waals surface area contributed by atoms with E-state index in [0.717, 1.165) is 25.1 Å². The van der Waals surface area contributed by atoms with Crippen molar-refractivity contribution in [2.75, 3.05) is 6.54 Å². The summed E-state index contributed by atoms with van der Waals surface area (Å²) in [5.74, 6) is 1.66. The van der Waals surface area contributed by atoms with Crippen molar-refractivity contribution in [2.24, 2.45) is 5.92 Å².